The summed E-state index contributed by atoms with van der Waals surface area (Å²) in [7, 11) is -2.03. The molecule has 1 atom stereocenters. The summed E-state index contributed by atoms with van der Waals surface area (Å²) in [6, 6.07) is 12.9. The summed E-state index contributed by atoms with van der Waals surface area (Å²) in [4.78, 5) is 61.9. The van der Waals surface area contributed by atoms with Crippen LogP contribution in [0, 0.1) is 5.92 Å². The molecule has 3 aromatic carbocycles. The number of amides is 3. The number of carbonyl (C=O) groups excluding carboxylic acids is 3. The molecule has 3 amide bonds. The molecule has 0 spiro atoms. The Balaban J connectivity index is 0.782. The Morgan fingerprint density at radius 1 is 0.910 bits per heavy atom. The van der Waals surface area contributed by atoms with Crippen molar-refractivity contribution in [3.63, 3.8) is 0 Å². The van der Waals surface area contributed by atoms with Gasteiger partial charge in [0.15, 0.2) is 5.82 Å². The second-order valence-corrected chi connectivity index (χ2v) is 19.6. The van der Waals surface area contributed by atoms with E-state index in [1.807, 2.05) is 12.1 Å². The van der Waals surface area contributed by atoms with Crippen molar-refractivity contribution in [3.05, 3.63) is 82.8 Å². The quantitative estimate of drug-likeness (QED) is 0.0835. The van der Waals surface area contributed by atoms with Crippen molar-refractivity contribution in [3.8, 4) is 11.5 Å². The summed E-state index contributed by atoms with van der Waals surface area (Å²) < 4.78 is 39.5. The van der Waals surface area contributed by atoms with E-state index < -0.39 is 22.0 Å². The first kappa shape index (κ1) is 45.8. The highest BCUT2D eigenvalue weighted by Crippen LogP contribution is 2.39. The van der Waals surface area contributed by atoms with Crippen LogP contribution >= 0.6 is 11.6 Å². The maximum absolute atomic E-state index is 13.3. The van der Waals surface area contributed by atoms with Gasteiger partial charge in [-0.15, -0.1) is 0 Å². The molecular formula is C47H54ClN11O7S. The normalized spacial score (nSPS) is 18.5. The molecule has 0 bridgehead atoms. The average Bonchev–Trinajstić information content (AvgIpc) is 3.66. The SMILES string of the molecule is CCc1cc(Nc2ncc(Cl)c(Nc3ccc4nccnc4c3NS(C)(=O)=O)n2)c(OC)cc1N1CCC(N2CCC(CCOc3cccc4c3CN(C3CCC(=O)NC3=O)C4=O)CC2)CC1. The third-order valence-corrected chi connectivity index (χ3v) is 14.1. The molecule has 1 unspecified atom stereocenters. The summed E-state index contributed by atoms with van der Waals surface area (Å²) in [5.41, 5.74) is 5.83. The molecule has 18 nitrogen and oxygen atoms in total. The number of hydrogen-bond acceptors (Lipinski definition) is 15. The molecule has 20 heteroatoms. The van der Waals surface area contributed by atoms with E-state index in [-0.39, 0.29) is 40.7 Å². The first-order valence-corrected chi connectivity index (χ1v) is 25.0. The molecule has 0 saturated carbocycles. The summed E-state index contributed by atoms with van der Waals surface area (Å²) in [6.07, 6.45) is 12.2. The molecule has 0 aliphatic carbocycles. The van der Waals surface area contributed by atoms with Gasteiger partial charge >= 0.3 is 0 Å². The molecule has 9 rings (SSSR count). The van der Waals surface area contributed by atoms with Crippen molar-refractivity contribution in [1.29, 1.82) is 0 Å². The predicted molar refractivity (Wildman–Crippen MR) is 256 cm³/mol. The molecule has 4 N–H and O–H groups in total. The summed E-state index contributed by atoms with van der Waals surface area (Å²) in [5.74, 6) is 1.48. The van der Waals surface area contributed by atoms with E-state index in [1.54, 1.807) is 30.2 Å². The average molecular weight is 953 g/mol. The van der Waals surface area contributed by atoms with Gasteiger partial charge < -0.3 is 34.8 Å². The zero-order valence-corrected chi connectivity index (χ0v) is 39.3. The second kappa shape index (κ2) is 19.5. The van der Waals surface area contributed by atoms with Crippen molar-refractivity contribution in [2.24, 2.45) is 5.92 Å². The smallest absolute Gasteiger partial charge is 0.255 e. The van der Waals surface area contributed by atoms with Gasteiger partial charge in [-0.3, -0.25) is 34.4 Å². The Hall–Kier alpha value is -6.31. The fourth-order valence-electron chi connectivity index (χ4n) is 9.76. The fourth-order valence-corrected chi connectivity index (χ4v) is 10.5. The number of hydrogen-bond donors (Lipinski definition) is 4. The molecule has 3 saturated heterocycles. The van der Waals surface area contributed by atoms with Crippen molar-refractivity contribution in [2.75, 3.05) is 66.4 Å². The van der Waals surface area contributed by atoms with E-state index in [4.69, 9.17) is 21.1 Å². The van der Waals surface area contributed by atoms with Crippen LogP contribution in [0.25, 0.3) is 11.0 Å². The Morgan fingerprint density at radius 2 is 1.70 bits per heavy atom. The van der Waals surface area contributed by atoms with E-state index in [9.17, 15) is 22.8 Å². The lowest BCUT2D eigenvalue weighted by Gasteiger charge is -2.43. The Bertz CT molecular complexity index is 2820. The number of fused-ring (bicyclic) bond motifs is 2. The number of anilines is 6. The summed E-state index contributed by atoms with van der Waals surface area (Å²) in [6.45, 7) is 6.96. The number of nitrogens with one attached hydrogen (secondary N) is 4. The minimum absolute atomic E-state index is 0.195. The maximum atomic E-state index is 13.3. The Labute approximate surface area is 394 Å². The highest BCUT2D eigenvalue weighted by Gasteiger charge is 2.40. The lowest BCUT2D eigenvalue weighted by atomic mass is 9.91. The highest BCUT2D eigenvalue weighted by molar-refractivity contribution is 7.92. The number of halogens is 1. The van der Waals surface area contributed by atoms with Crippen LogP contribution in [0.2, 0.25) is 5.02 Å². The molecule has 4 aliphatic rings. The van der Waals surface area contributed by atoms with Crippen LogP contribution < -0.4 is 35.0 Å². The molecule has 2 aromatic heterocycles. The summed E-state index contributed by atoms with van der Waals surface area (Å²) in [5, 5.41) is 9.06. The first-order chi connectivity index (χ1) is 32.3. The highest BCUT2D eigenvalue weighted by atomic mass is 35.5. The standard InChI is InChI=1S/C47H54ClN11O7S/c1-4-29-24-36(53-47-51-26-33(48)44(55-47)52-35-9-8-34-42(50-18-17-49-34)43(35)56-67(3,63)64)40(65-2)25-38(29)58-21-14-30(15-22-58)57-19-12-28(13-20-57)16-23-66-39-7-5-6-31-32(39)27-59(46(31)62)37-10-11-41(60)54-45(37)61/h5-9,17-18,24-26,28,30,37,56H,4,10-16,19-23,27H2,1-3H3,(H,54,60,61)(H2,51,52,53,55). The van der Waals surface area contributed by atoms with Crippen molar-refractivity contribution in [2.45, 2.75) is 76.9 Å². The predicted octanol–water partition coefficient (Wildman–Crippen LogP) is 6.41. The second-order valence-electron chi connectivity index (χ2n) is 17.5. The third-order valence-electron chi connectivity index (χ3n) is 13.2. The van der Waals surface area contributed by atoms with Crippen LogP contribution in [0.1, 0.15) is 73.4 Å². The van der Waals surface area contributed by atoms with E-state index in [1.165, 1.54) is 18.6 Å². The third kappa shape index (κ3) is 10.0. The van der Waals surface area contributed by atoms with Crippen LogP contribution in [-0.2, 0) is 32.6 Å². The van der Waals surface area contributed by atoms with Crippen molar-refractivity contribution in [1.82, 2.24) is 35.1 Å². The van der Waals surface area contributed by atoms with Gasteiger partial charge in [-0.2, -0.15) is 4.98 Å². The Kier molecular flexibility index (Phi) is 13.3. The molecule has 4 aliphatic heterocycles. The van der Waals surface area contributed by atoms with E-state index in [0.29, 0.717) is 71.0 Å². The number of nitrogens with zero attached hydrogens (tertiary/aromatic N) is 7. The summed E-state index contributed by atoms with van der Waals surface area (Å²) >= 11 is 6.57. The number of piperidine rings is 3. The number of sulfonamides is 1. The lowest BCUT2D eigenvalue weighted by Crippen LogP contribution is -2.52. The molecular weight excluding hydrogens is 898 g/mol. The monoisotopic (exact) mass is 951 g/mol. The van der Waals surface area contributed by atoms with Crippen LogP contribution in [0.4, 0.5) is 34.5 Å². The zero-order chi connectivity index (χ0) is 46.8. The van der Waals surface area contributed by atoms with Crippen LogP contribution in [0.5, 0.6) is 11.5 Å². The van der Waals surface area contributed by atoms with Gasteiger partial charge in [0.2, 0.25) is 27.8 Å². The molecule has 0 radical (unpaired) electrons. The number of benzene rings is 3. The van der Waals surface area contributed by atoms with Crippen molar-refractivity contribution >= 4 is 84.9 Å². The lowest BCUT2D eigenvalue weighted by molar-refractivity contribution is -0.136. The number of likely N-dealkylation sites (tertiary alicyclic amines) is 1. The molecule has 6 heterocycles. The van der Waals surface area contributed by atoms with E-state index in [0.717, 1.165) is 87.8 Å². The fraction of sp³-hybridized carbons (Fsp3) is 0.426. The van der Waals surface area contributed by atoms with Gasteiger partial charge in [-0.25, -0.2) is 13.4 Å². The van der Waals surface area contributed by atoms with Crippen molar-refractivity contribution < 1.29 is 32.3 Å². The number of imide groups is 1. The number of carbonyl (C=O) groups is 3. The van der Waals surface area contributed by atoms with Gasteiger partial charge in [-0.05, 0) is 99.8 Å². The minimum atomic E-state index is -3.67. The van der Waals surface area contributed by atoms with Gasteiger partial charge in [0.25, 0.3) is 5.91 Å². The van der Waals surface area contributed by atoms with Crippen LogP contribution in [0.3, 0.4) is 0 Å². The number of aromatic nitrogens is 4. The van der Waals surface area contributed by atoms with Gasteiger partial charge in [0.1, 0.15) is 28.1 Å². The van der Waals surface area contributed by atoms with Gasteiger partial charge in [0, 0.05) is 60.8 Å². The molecule has 5 aromatic rings. The minimum Gasteiger partial charge on any atom is -0.494 e. The maximum Gasteiger partial charge on any atom is 0.255 e. The van der Waals surface area contributed by atoms with E-state index in [2.05, 4.69) is 69.5 Å². The number of aryl methyl sites for hydroxylation is 1. The number of methoxy groups -OCH3 is 1. The molecule has 3 fully saturated rings. The zero-order valence-electron chi connectivity index (χ0n) is 37.7. The number of ether oxygens (including phenoxy) is 2. The van der Waals surface area contributed by atoms with Gasteiger partial charge in [-0.1, -0.05) is 24.6 Å². The van der Waals surface area contributed by atoms with Crippen LogP contribution in [0.15, 0.2) is 61.1 Å². The van der Waals surface area contributed by atoms with E-state index >= 15 is 0 Å². The largest absolute Gasteiger partial charge is 0.494 e. The molecule has 67 heavy (non-hydrogen) atoms. The van der Waals surface area contributed by atoms with Crippen LogP contribution in [-0.4, -0.2) is 114 Å². The topological polar surface area (TPSA) is 213 Å². The number of rotatable bonds is 15. The van der Waals surface area contributed by atoms with Gasteiger partial charge in [0.05, 0.1) is 55.3 Å². The first-order valence-electron chi connectivity index (χ1n) is 22.7. The Morgan fingerprint density at radius 3 is 2.45 bits per heavy atom. The molecule has 352 valence electrons.